The molecule has 4 rings (SSSR count). The highest BCUT2D eigenvalue weighted by molar-refractivity contribution is 6.30. The first-order valence-electron chi connectivity index (χ1n) is 7.67. The number of aromatic hydroxyl groups is 1. The van der Waals surface area contributed by atoms with Gasteiger partial charge in [0.15, 0.2) is 0 Å². The molecule has 0 spiro atoms. The number of hydrogen-bond acceptors (Lipinski definition) is 2. The molecular formula is C20H15ClN2O. The van der Waals surface area contributed by atoms with Crippen molar-refractivity contribution in [3.63, 3.8) is 0 Å². The molecule has 0 aliphatic rings. The molecule has 4 heteroatoms. The summed E-state index contributed by atoms with van der Waals surface area (Å²) in [6.45, 7) is 1.99. The third kappa shape index (κ3) is 2.43. The highest BCUT2D eigenvalue weighted by Gasteiger charge is 2.14. The first-order chi connectivity index (χ1) is 11.6. The van der Waals surface area contributed by atoms with E-state index >= 15 is 0 Å². The lowest BCUT2D eigenvalue weighted by molar-refractivity contribution is 0.478. The quantitative estimate of drug-likeness (QED) is 0.536. The fourth-order valence-corrected chi connectivity index (χ4v) is 3.10. The minimum Gasteiger partial charge on any atom is -0.507 e. The Morgan fingerprint density at radius 3 is 2.50 bits per heavy atom. The summed E-state index contributed by atoms with van der Waals surface area (Å²) in [5.41, 5.74) is 3.42. The Kier molecular flexibility index (Phi) is 3.51. The van der Waals surface area contributed by atoms with Gasteiger partial charge in [-0.05, 0) is 54.1 Å². The predicted octanol–water partition coefficient (Wildman–Crippen LogP) is 5.36. The number of rotatable bonds is 2. The van der Waals surface area contributed by atoms with Crippen LogP contribution in [0.15, 0.2) is 66.7 Å². The van der Waals surface area contributed by atoms with Crippen molar-refractivity contribution in [2.45, 2.75) is 6.92 Å². The molecule has 1 aromatic heterocycles. The molecule has 118 valence electrons. The number of nitrogens with zero attached hydrogens (tertiary/aromatic N) is 2. The van der Waals surface area contributed by atoms with Crippen LogP contribution in [-0.2, 0) is 0 Å². The maximum Gasteiger partial charge on any atom is 0.125 e. The van der Waals surface area contributed by atoms with E-state index in [1.165, 1.54) is 0 Å². The highest BCUT2D eigenvalue weighted by atomic mass is 35.5. The highest BCUT2D eigenvalue weighted by Crippen LogP contribution is 2.36. The second-order valence-electron chi connectivity index (χ2n) is 5.74. The summed E-state index contributed by atoms with van der Waals surface area (Å²) < 4.78 is 1.85. The smallest absolute Gasteiger partial charge is 0.125 e. The molecule has 0 bridgehead atoms. The number of phenolic OH excluding ortho intramolecular Hbond substituents is 1. The van der Waals surface area contributed by atoms with E-state index in [-0.39, 0.29) is 5.75 Å². The van der Waals surface area contributed by atoms with Crippen molar-refractivity contribution in [1.82, 2.24) is 9.78 Å². The molecule has 0 saturated carbocycles. The van der Waals surface area contributed by atoms with Gasteiger partial charge in [-0.1, -0.05) is 41.9 Å². The summed E-state index contributed by atoms with van der Waals surface area (Å²) in [6.07, 6.45) is 0. The first kappa shape index (κ1) is 14.8. The van der Waals surface area contributed by atoms with Gasteiger partial charge in [-0.2, -0.15) is 5.10 Å². The molecule has 1 N–H and O–H groups in total. The standard InChI is InChI=1S/C20H15ClN2O/c1-13-12-18(22-23(13)16-9-7-15(21)8-10-16)20-17-5-3-2-4-14(17)6-11-19(20)24/h2-12,24H,1H3. The van der Waals surface area contributed by atoms with E-state index in [0.717, 1.165) is 33.4 Å². The van der Waals surface area contributed by atoms with Crippen molar-refractivity contribution in [3.8, 4) is 22.7 Å². The summed E-state index contributed by atoms with van der Waals surface area (Å²) in [5.74, 6) is 0.231. The van der Waals surface area contributed by atoms with Gasteiger partial charge in [0, 0.05) is 10.7 Å². The summed E-state index contributed by atoms with van der Waals surface area (Å²) in [5, 5.41) is 17.9. The van der Waals surface area contributed by atoms with Crippen LogP contribution in [0.5, 0.6) is 5.75 Å². The second kappa shape index (κ2) is 5.69. The molecule has 4 aromatic rings. The Labute approximate surface area is 144 Å². The molecule has 0 radical (unpaired) electrons. The van der Waals surface area contributed by atoms with Crippen LogP contribution in [0.4, 0.5) is 0 Å². The third-order valence-corrected chi connectivity index (χ3v) is 4.37. The maximum atomic E-state index is 10.4. The summed E-state index contributed by atoms with van der Waals surface area (Å²) in [7, 11) is 0. The normalized spacial score (nSPS) is 11.1. The number of aromatic nitrogens is 2. The molecule has 0 atom stereocenters. The number of fused-ring (bicyclic) bond motifs is 1. The first-order valence-corrected chi connectivity index (χ1v) is 8.05. The number of halogens is 1. The van der Waals surface area contributed by atoms with Gasteiger partial charge in [0.05, 0.1) is 16.9 Å². The molecular weight excluding hydrogens is 320 g/mol. The SMILES string of the molecule is Cc1cc(-c2c(O)ccc3ccccc23)nn1-c1ccc(Cl)cc1. The lowest BCUT2D eigenvalue weighted by Crippen LogP contribution is -1.98. The molecule has 0 amide bonds. The topological polar surface area (TPSA) is 38.1 Å². The molecule has 0 aliphatic heterocycles. The zero-order chi connectivity index (χ0) is 16.7. The van der Waals surface area contributed by atoms with Crippen LogP contribution in [0.25, 0.3) is 27.7 Å². The second-order valence-corrected chi connectivity index (χ2v) is 6.18. The molecule has 0 fully saturated rings. The van der Waals surface area contributed by atoms with Crippen molar-refractivity contribution in [1.29, 1.82) is 0 Å². The predicted molar refractivity (Wildman–Crippen MR) is 97.9 cm³/mol. The number of phenols is 1. The van der Waals surface area contributed by atoms with Gasteiger partial charge in [0.1, 0.15) is 5.75 Å². The van der Waals surface area contributed by atoms with Crippen molar-refractivity contribution in [2.24, 2.45) is 0 Å². The lowest BCUT2D eigenvalue weighted by Gasteiger charge is -2.07. The van der Waals surface area contributed by atoms with Gasteiger partial charge in [-0.25, -0.2) is 4.68 Å². The summed E-state index contributed by atoms with van der Waals surface area (Å²) in [6, 6.07) is 21.1. The zero-order valence-electron chi connectivity index (χ0n) is 13.1. The molecule has 0 aliphatic carbocycles. The van der Waals surface area contributed by atoms with Gasteiger partial charge in [0.2, 0.25) is 0 Å². The Hall–Kier alpha value is -2.78. The van der Waals surface area contributed by atoms with Crippen LogP contribution >= 0.6 is 11.6 Å². The minimum absolute atomic E-state index is 0.231. The van der Waals surface area contributed by atoms with E-state index in [4.69, 9.17) is 16.7 Å². The molecule has 24 heavy (non-hydrogen) atoms. The number of hydrogen-bond donors (Lipinski definition) is 1. The minimum atomic E-state index is 0.231. The van der Waals surface area contributed by atoms with Gasteiger partial charge < -0.3 is 5.11 Å². The van der Waals surface area contributed by atoms with Crippen LogP contribution in [0.3, 0.4) is 0 Å². The van der Waals surface area contributed by atoms with Crippen molar-refractivity contribution < 1.29 is 5.11 Å². The van der Waals surface area contributed by atoms with Gasteiger partial charge in [-0.15, -0.1) is 0 Å². The van der Waals surface area contributed by atoms with E-state index in [9.17, 15) is 5.11 Å². The van der Waals surface area contributed by atoms with Gasteiger partial charge >= 0.3 is 0 Å². The Balaban J connectivity index is 1.92. The summed E-state index contributed by atoms with van der Waals surface area (Å²) >= 11 is 5.96. The van der Waals surface area contributed by atoms with Gasteiger partial charge in [0.25, 0.3) is 0 Å². The fraction of sp³-hybridized carbons (Fsp3) is 0.0500. The Morgan fingerprint density at radius 1 is 0.958 bits per heavy atom. The largest absolute Gasteiger partial charge is 0.507 e. The number of benzene rings is 3. The Bertz CT molecular complexity index is 1040. The molecule has 3 aromatic carbocycles. The molecule has 1 heterocycles. The molecule has 0 unspecified atom stereocenters. The average molecular weight is 335 g/mol. The Morgan fingerprint density at radius 2 is 1.71 bits per heavy atom. The monoisotopic (exact) mass is 334 g/mol. The lowest BCUT2D eigenvalue weighted by atomic mass is 10.0. The molecule has 0 saturated heterocycles. The maximum absolute atomic E-state index is 10.4. The van der Waals surface area contributed by atoms with E-state index in [1.807, 2.05) is 72.3 Å². The molecule has 3 nitrogen and oxygen atoms in total. The van der Waals surface area contributed by atoms with Crippen molar-refractivity contribution in [3.05, 3.63) is 77.4 Å². The summed E-state index contributed by atoms with van der Waals surface area (Å²) in [4.78, 5) is 0. The van der Waals surface area contributed by atoms with Crippen LogP contribution in [0.2, 0.25) is 5.02 Å². The van der Waals surface area contributed by atoms with Crippen molar-refractivity contribution in [2.75, 3.05) is 0 Å². The average Bonchev–Trinajstić information content (AvgIpc) is 2.97. The van der Waals surface area contributed by atoms with E-state index < -0.39 is 0 Å². The van der Waals surface area contributed by atoms with Crippen LogP contribution < -0.4 is 0 Å². The van der Waals surface area contributed by atoms with E-state index in [2.05, 4.69) is 0 Å². The van der Waals surface area contributed by atoms with E-state index in [0.29, 0.717) is 5.02 Å². The van der Waals surface area contributed by atoms with Crippen molar-refractivity contribution >= 4 is 22.4 Å². The fourth-order valence-electron chi connectivity index (χ4n) is 2.97. The van der Waals surface area contributed by atoms with Crippen LogP contribution in [0, 0.1) is 6.92 Å². The zero-order valence-corrected chi connectivity index (χ0v) is 13.8. The van der Waals surface area contributed by atoms with Gasteiger partial charge in [-0.3, -0.25) is 0 Å². The van der Waals surface area contributed by atoms with Crippen LogP contribution in [0.1, 0.15) is 5.69 Å². The number of aryl methyl sites for hydroxylation is 1. The third-order valence-electron chi connectivity index (χ3n) is 4.12. The van der Waals surface area contributed by atoms with Crippen LogP contribution in [-0.4, -0.2) is 14.9 Å². The van der Waals surface area contributed by atoms with E-state index in [1.54, 1.807) is 6.07 Å².